The van der Waals surface area contributed by atoms with E-state index in [0.717, 1.165) is 11.8 Å². The second-order valence-corrected chi connectivity index (χ2v) is 6.62. The van der Waals surface area contributed by atoms with Crippen molar-refractivity contribution in [2.75, 3.05) is 12.4 Å². The Labute approximate surface area is 133 Å². The molecule has 8 heteroatoms. The van der Waals surface area contributed by atoms with Crippen molar-refractivity contribution in [3.05, 3.63) is 21.7 Å². The number of hydrogen-bond donors (Lipinski definition) is 2. The fourth-order valence-corrected chi connectivity index (χ4v) is 2.56. The molecule has 1 aromatic rings. The standard InChI is InChI=1S/C14H21N3O4S/c1-6-21-12(19)10-8(2)15-13(20)16-11(10)22-7-9(18)17-14(3,4)5/h6-7H2,1-5H3,(H,17,18)(H,15,16,20). The summed E-state index contributed by atoms with van der Waals surface area (Å²) in [5.41, 5.74) is -0.351. The van der Waals surface area contributed by atoms with Crippen LogP contribution in [0.15, 0.2) is 9.82 Å². The van der Waals surface area contributed by atoms with Crippen molar-refractivity contribution < 1.29 is 14.3 Å². The lowest BCUT2D eigenvalue weighted by Crippen LogP contribution is -2.41. The Morgan fingerprint density at radius 3 is 2.55 bits per heavy atom. The van der Waals surface area contributed by atoms with Gasteiger partial charge in [-0.05, 0) is 34.6 Å². The van der Waals surface area contributed by atoms with E-state index in [1.165, 1.54) is 0 Å². The molecule has 22 heavy (non-hydrogen) atoms. The number of esters is 1. The molecule has 2 N–H and O–H groups in total. The third-order valence-corrected chi connectivity index (χ3v) is 3.40. The molecule has 0 bridgehead atoms. The van der Waals surface area contributed by atoms with E-state index < -0.39 is 11.7 Å². The van der Waals surface area contributed by atoms with Crippen molar-refractivity contribution in [1.29, 1.82) is 0 Å². The molecule has 7 nitrogen and oxygen atoms in total. The molecule has 122 valence electrons. The zero-order chi connectivity index (χ0) is 16.9. The van der Waals surface area contributed by atoms with Gasteiger partial charge in [-0.25, -0.2) is 9.59 Å². The van der Waals surface area contributed by atoms with Crippen LogP contribution in [0.1, 0.15) is 43.7 Å². The first-order chi connectivity index (χ1) is 10.1. The fourth-order valence-electron chi connectivity index (χ4n) is 1.70. The number of carbonyl (C=O) groups is 2. The van der Waals surface area contributed by atoms with Gasteiger partial charge in [0.05, 0.1) is 12.4 Å². The van der Waals surface area contributed by atoms with Crippen LogP contribution in [0.25, 0.3) is 0 Å². The molecule has 0 radical (unpaired) electrons. The number of aromatic nitrogens is 2. The molecule has 1 heterocycles. The van der Waals surface area contributed by atoms with Crippen LogP contribution in [-0.2, 0) is 9.53 Å². The summed E-state index contributed by atoms with van der Waals surface area (Å²) < 4.78 is 4.96. The van der Waals surface area contributed by atoms with Crippen LogP contribution >= 0.6 is 11.8 Å². The van der Waals surface area contributed by atoms with E-state index in [-0.39, 0.29) is 34.4 Å². The molecule has 1 aromatic heterocycles. The summed E-state index contributed by atoms with van der Waals surface area (Å²) >= 11 is 1.03. The van der Waals surface area contributed by atoms with Crippen molar-refractivity contribution >= 4 is 23.6 Å². The Bertz CT molecular complexity index is 619. The van der Waals surface area contributed by atoms with Gasteiger partial charge in [0, 0.05) is 11.2 Å². The number of nitrogens with one attached hydrogen (secondary N) is 2. The van der Waals surface area contributed by atoms with Crippen LogP contribution in [0, 0.1) is 6.92 Å². The highest BCUT2D eigenvalue weighted by atomic mass is 32.2. The van der Waals surface area contributed by atoms with Crippen LogP contribution in [-0.4, -0.2) is 39.7 Å². The first-order valence-corrected chi connectivity index (χ1v) is 7.84. The molecule has 1 rings (SSSR count). The molecular formula is C14H21N3O4S. The lowest BCUT2D eigenvalue weighted by atomic mass is 10.1. The largest absolute Gasteiger partial charge is 0.462 e. The molecule has 0 fully saturated rings. The van der Waals surface area contributed by atoms with Crippen molar-refractivity contribution in [1.82, 2.24) is 15.3 Å². The predicted octanol–water partition coefficient (Wildman–Crippen LogP) is 1.26. The molecule has 0 aromatic carbocycles. The van der Waals surface area contributed by atoms with Gasteiger partial charge in [-0.15, -0.1) is 0 Å². The quantitative estimate of drug-likeness (QED) is 0.480. The first-order valence-electron chi connectivity index (χ1n) is 6.86. The molecule has 0 atom stereocenters. The Kier molecular flexibility index (Phi) is 6.16. The number of rotatable bonds is 5. The summed E-state index contributed by atoms with van der Waals surface area (Å²) in [5, 5.41) is 3.00. The summed E-state index contributed by atoms with van der Waals surface area (Å²) in [5.74, 6) is -0.714. The molecule has 0 aliphatic carbocycles. The van der Waals surface area contributed by atoms with Crippen LogP contribution in [0.5, 0.6) is 0 Å². The van der Waals surface area contributed by atoms with E-state index in [2.05, 4.69) is 15.3 Å². The van der Waals surface area contributed by atoms with Crippen molar-refractivity contribution in [3.8, 4) is 0 Å². The Morgan fingerprint density at radius 2 is 2.00 bits per heavy atom. The molecule has 0 saturated heterocycles. The third kappa shape index (κ3) is 5.51. The normalized spacial score (nSPS) is 11.1. The van der Waals surface area contributed by atoms with Crippen molar-refractivity contribution in [2.24, 2.45) is 0 Å². The second kappa shape index (κ2) is 7.44. The van der Waals surface area contributed by atoms with Crippen LogP contribution in [0.3, 0.4) is 0 Å². The molecule has 1 amide bonds. The van der Waals surface area contributed by atoms with Crippen LogP contribution in [0.4, 0.5) is 0 Å². The number of carbonyl (C=O) groups excluding carboxylic acids is 2. The summed E-state index contributed by atoms with van der Waals surface area (Å²) in [6.45, 7) is 9.11. The number of aryl methyl sites for hydroxylation is 1. The van der Waals surface area contributed by atoms with Gasteiger partial charge >= 0.3 is 11.7 Å². The molecule has 0 aliphatic rings. The lowest BCUT2D eigenvalue weighted by molar-refractivity contribution is -0.119. The summed E-state index contributed by atoms with van der Waals surface area (Å²) in [6.07, 6.45) is 0. The lowest BCUT2D eigenvalue weighted by Gasteiger charge is -2.20. The maximum Gasteiger partial charge on any atom is 0.346 e. The van der Waals surface area contributed by atoms with Gasteiger partial charge < -0.3 is 15.0 Å². The van der Waals surface area contributed by atoms with E-state index in [0.29, 0.717) is 5.69 Å². The Morgan fingerprint density at radius 1 is 1.36 bits per heavy atom. The maximum atomic E-state index is 12.0. The van der Waals surface area contributed by atoms with Gasteiger partial charge in [0.1, 0.15) is 10.6 Å². The number of aromatic amines is 1. The van der Waals surface area contributed by atoms with Crippen LogP contribution in [0.2, 0.25) is 0 Å². The van der Waals surface area contributed by atoms with E-state index in [4.69, 9.17) is 4.74 Å². The van der Waals surface area contributed by atoms with E-state index in [1.54, 1.807) is 13.8 Å². The second-order valence-electron chi connectivity index (χ2n) is 5.65. The number of thioether (sulfide) groups is 1. The predicted molar refractivity (Wildman–Crippen MR) is 84.2 cm³/mol. The smallest absolute Gasteiger partial charge is 0.346 e. The zero-order valence-corrected chi connectivity index (χ0v) is 14.2. The molecule has 0 saturated carbocycles. The van der Waals surface area contributed by atoms with E-state index in [9.17, 15) is 14.4 Å². The number of ether oxygens (including phenoxy) is 1. The van der Waals surface area contributed by atoms with E-state index >= 15 is 0 Å². The molecular weight excluding hydrogens is 306 g/mol. The number of hydrogen-bond acceptors (Lipinski definition) is 6. The topological polar surface area (TPSA) is 101 Å². The number of nitrogens with zero attached hydrogens (tertiary/aromatic N) is 1. The third-order valence-electron chi connectivity index (χ3n) is 2.42. The highest BCUT2D eigenvalue weighted by Crippen LogP contribution is 2.21. The van der Waals surface area contributed by atoms with Gasteiger partial charge in [0.15, 0.2) is 0 Å². The van der Waals surface area contributed by atoms with Gasteiger partial charge in [0.25, 0.3) is 0 Å². The summed E-state index contributed by atoms with van der Waals surface area (Å²) in [4.78, 5) is 41.5. The van der Waals surface area contributed by atoms with Crippen molar-refractivity contribution in [3.63, 3.8) is 0 Å². The zero-order valence-electron chi connectivity index (χ0n) is 13.4. The average molecular weight is 327 g/mol. The summed E-state index contributed by atoms with van der Waals surface area (Å²) in [6, 6.07) is 0. The van der Waals surface area contributed by atoms with Gasteiger partial charge in [-0.3, -0.25) is 4.79 Å². The van der Waals surface area contributed by atoms with Crippen LogP contribution < -0.4 is 11.0 Å². The number of H-pyrrole nitrogens is 1. The minimum atomic E-state index is -0.567. The molecule has 0 unspecified atom stereocenters. The van der Waals surface area contributed by atoms with Crippen molar-refractivity contribution in [2.45, 2.75) is 45.2 Å². The SMILES string of the molecule is CCOC(=O)c1c(SCC(=O)NC(C)(C)C)nc(=O)[nH]c1C. The van der Waals surface area contributed by atoms with Gasteiger partial charge in [-0.2, -0.15) is 4.98 Å². The minimum absolute atomic E-state index is 0.0551. The minimum Gasteiger partial charge on any atom is -0.462 e. The molecule has 0 aliphatic heterocycles. The Hall–Kier alpha value is -1.83. The Balaban J connectivity index is 2.96. The summed E-state index contributed by atoms with van der Waals surface area (Å²) in [7, 11) is 0. The highest BCUT2D eigenvalue weighted by molar-refractivity contribution is 8.00. The van der Waals surface area contributed by atoms with Gasteiger partial charge in [0.2, 0.25) is 5.91 Å². The molecule has 0 spiro atoms. The monoisotopic (exact) mass is 327 g/mol. The van der Waals surface area contributed by atoms with E-state index in [1.807, 2.05) is 20.8 Å². The fraction of sp³-hybridized carbons (Fsp3) is 0.571. The maximum absolute atomic E-state index is 12.0. The average Bonchev–Trinajstić information content (AvgIpc) is 2.33. The highest BCUT2D eigenvalue weighted by Gasteiger charge is 2.21. The van der Waals surface area contributed by atoms with Gasteiger partial charge in [-0.1, -0.05) is 11.8 Å². The number of amides is 1. The first kappa shape index (κ1) is 18.2.